The number of nitrogens with one attached hydrogen (secondary N) is 1. The summed E-state index contributed by atoms with van der Waals surface area (Å²) in [4.78, 5) is 13.3. The van der Waals surface area contributed by atoms with Crippen molar-refractivity contribution in [3.05, 3.63) is 53.6 Å². The Morgan fingerprint density at radius 3 is 2.40 bits per heavy atom. The number of anilines is 2. The number of nitrogens with zero attached hydrogens (tertiary/aromatic N) is 1. The smallest absolute Gasteiger partial charge is 0.261 e. The van der Waals surface area contributed by atoms with Crippen molar-refractivity contribution in [2.75, 3.05) is 9.62 Å². The van der Waals surface area contributed by atoms with Crippen LogP contribution in [0.1, 0.15) is 19.4 Å². The van der Waals surface area contributed by atoms with E-state index in [-0.39, 0.29) is 22.5 Å². The molecule has 2 aromatic carbocycles. The lowest BCUT2D eigenvalue weighted by molar-refractivity contribution is -0.116. The van der Waals surface area contributed by atoms with Crippen LogP contribution in [-0.4, -0.2) is 20.4 Å². The first-order valence-electron chi connectivity index (χ1n) is 7.59. The maximum atomic E-state index is 13.2. The van der Waals surface area contributed by atoms with Gasteiger partial charge in [0.25, 0.3) is 10.0 Å². The topological polar surface area (TPSA) is 66.5 Å². The molecule has 5 nitrogen and oxygen atoms in total. The van der Waals surface area contributed by atoms with Crippen molar-refractivity contribution in [1.29, 1.82) is 0 Å². The van der Waals surface area contributed by atoms with Gasteiger partial charge in [0.1, 0.15) is 11.6 Å². The molecule has 1 atom stereocenters. The monoisotopic (exact) mass is 366 g/mol. The molecule has 1 heterocycles. The van der Waals surface area contributed by atoms with E-state index in [1.54, 1.807) is 11.0 Å². The average molecular weight is 366 g/mol. The highest BCUT2D eigenvalue weighted by atomic mass is 32.2. The van der Waals surface area contributed by atoms with Crippen molar-refractivity contribution in [2.45, 2.75) is 31.2 Å². The summed E-state index contributed by atoms with van der Waals surface area (Å²) in [6, 6.07) is 6.81. The Kier molecular flexibility index (Phi) is 4.24. The minimum absolute atomic E-state index is 0.0338. The van der Waals surface area contributed by atoms with Crippen molar-refractivity contribution >= 4 is 27.3 Å². The molecule has 1 unspecified atom stereocenters. The highest BCUT2D eigenvalue weighted by Crippen LogP contribution is 2.34. The fourth-order valence-corrected chi connectivity index (χ4v) is 4.17. The maximum Gasteiger partial charge on any atom is 0.261 e. The summed E-state index contributed by atoms with van der Waals surface area (Å²) < 4.78 is 53.6. The van der Waals surface area contributed by atoms with E-state index >= 15 is 0 Å². The molecule has 0 saturated carbocycles. The van der Waals surface area contributed by atoms with Gasteiger partial charge < -0.3 is 4.90 Å². The van der Waals surface area contributed by atoms with Gasteiger partial charge in [-0.1, -0.05) is 0 Å². The largest absolute Gasteiger partial charge is 0.309 e. The first-order valence-corrected chi connectivity index (χ1v) is 9.07. The number of carbonyl (C=O) groups excluding carboxylic acids is 1. The quantitative estimate of drug-likeness (QED) is 0.908. The third-order valence-electron chi connectivity index (χ3n) is 4.03. The zero-order chi connectivity index (χ0) is 18.4. The van der Waals surface area contributed by atoms with Gasteiger partial charge in [-0.3, -0.25) is 9.52 Å². The van der Waals surface area contributed by atoms with Crippen LogP contribution < -0.4 is 9.62 Å². The second-order valence-electron chi connectivity index (χ2n) is 6.00. The number of carbonyl (C=O) groups is 1. The van der Waals surface area contributed by atoms with E-state index in [9.17, 15) is 22.0 Å². The lowest BCUT2D eigenvalue weighted by atomic mass is 10.1. The molecule has 3 rings (SSSR count). The Morgan fingerprint density at radius 2 is 1.80 bits per heavy atom. The number of hydrogen-bond acceptors (Lipinski definition) is 3. The standard InChI is InChI=1S/C17H16F2N2O3S/c1-10-5-12-6-16(3-4-17(12)21(10)11(2)22)25(23,24)20-15-8-13(18)7-14(19)9-15/h3-4,6-10,20H,5H2,1-2H3. The predicted molar refractivity (Wildman–Crippen MR) is 89.9 cm³/mol. The molecular formula is C17H16F2N2O3S. The second-order valence-corrected chi connectivity index (χ2v) is 7.68. The molecule has 1 N–H and O–H groups in total. The van der Waals surface area contributed by atoms with Crippen molar-refractivity contribution in [3.63, 3.8) is 0 Å². The van der Waals surface area contributed by atoms with Gasteiger partial charge in [-0.2, -0.15) is 0 Å². The van der Waals surface area contributed by atoms with E-state index in [0.717, 1.165) is 17.7 Å². The Labute approximate surface area is 144 Å². The molecule has 0 aromatic heterocycles. The van der Waals surface area contributed by atoms with Gasteiger partial charge in [0.15, 0.2) is 0 Å². The third-order valence-corrected chi connectivity index (χ3v) is 5.41. The second kappa shape index (κ2) is 6.11. The molecule has 1 aliphatic heterocycles. The Morgan fingerprint density at radius 1 is 1.16 bits per heavy atom. The van der Waals surface area contributed by atoms with Crippen LogP contribution in [0.15, 0.2) is 41.3 Å². The molecule has 1 amide bonds. The van der Waals surface area contributed by atoms with E-state index < -0.39 is 21.7 Å². The van der Waals surface area contributed by atoms with Crippen LogP contribution in [0.5, 0.6) is 0 Å². The highest BCUT2D eigenvalue weighted by Gasteiger charge is 2.30. The lowest BCUT2D eigenvalue weighted by Crippen LogP contribution is -2.33. The number of sulfonamides is 1. The summed E-state index contributed by atoms with van der Waals surface area (Å²) in [5.74, 6) is -1.87. The van der Waals surface area contributed by atoms with E-state index in [2.05, 4.69) is 4.72 Å². The van der Waals surface area contributed by atoms with Gasteiger partial charge in [-0.15, -0.1) is 0 Å². The Hall–Kier alpha value is -2.48. The van der Waals surface area contributed by atoms with E-state index in [1.807, 2.05) is 6.92 Å². The van der Waals surface area contributed by atoms with Crippen molar-refractivity contribution in [2.24, 2.45) is 0 Å². The number of benzene rings is 2. The molecule has 2 aromatic rings. The summed E-state index contributed by atoms with van der Waals surface area (Å²) in [6.45, 7) is 3.33. The van der Waals surface area contributed by atoms with E-state index in [4.69, 9.17) is 0 Å². The number of hydrogen-bond donors (Lipinski definition) is 1. The van der Waals surface area contributed by atoms with Crippen LogP contribution in [-0.2, 0) is 21.2 Å². The van der Waals surface area contributed by atoms with Crippen molar-refractivity contribution in [1.82, 2.24) is 0 Å². The molecule has 1 aliphatic rings. The molecule has 0 bridgehead atoms. The minimum Gasteiger partial charge on any atom is -0.309 e. The SMILES string of the molecule is CC(=O)N1c2ccc(S(=O)(=O)Nc3cc(F)cc(F)c3)cc2CC1C. The maximum absolute atomic E-state index is 13.2. The van der Waals surface area contributed by atoms with Gasteiger partial charge in [0.05, 0.1) is 10.6 Å². The fraction of sp³-hybridized carbons (Fsp3) is 0.235. The van der Waals surface area contributed by atoms with Crippen LogP contribution in [0.4, 0.5) is 20.2 Å². The lowest BCUT2D eigenvalue weighted by Gasteiger charge is -2.20. The number of amides is 1. The van der Waals surface area contributed by atoms with Crippen LogP contribution in [0.3, 0.4) is 0 Å². The molecule has 8 heteroatoms. The van der Waals surface area contributed by atoms with E-state index in [0.29, 0.717) is 18.2 Å². The molecule has 132 valence electrons. The van der Waals surface area contributed by atoms with Crippen LogP contribution in [0.2, 0.25) is 0 Å². The van der Waals surface area contributed by atoms with Crippen LogP contribution >= 0.6 is 0 Å². The first kappa shape index (κ1) is 17.3. The summed E-state index contributed by atoms with van der Waals surface area (Å²) in [6.07, 6.45) is 0.535. The fourth-order valence-electron chi connectivity index (χ4n) is 3.08. The first-order chi connectivity index (χ1) is 11.7. The predicted octanol–water partition coefficient (Wildman–Crippen LogP) is 3.06. The van der Waals surface area contributed by atoms with Crippen molar-refractivity contribution in [3.8, 4) is 0 Å². The molecular weight excluding hydrogens is 350 g/mol. The summed E-state index contributed by atoms with van der Waals surface area (Å²) in [5.41, 5.74) is 1.21. The zero-order valence-corrected chi connectivity index (χ0v) is 14.4. The number of rotatable bonds is 3. The molecule has 0 aliphatic carbocycles. The van der Waals surface area contributed by atoms with Crippen LogP contribution in [0, 0.1) is 11.6 Å². The van der Waals surface area contributed by atoms with Gasteiger partial charge >= 0.3 is 0 Å². The number of fused-ring (bicyclic) bond motifs is 1. The van der Waals surface area contributed by atoms with Crippen LogP contribution in [0.25, 0.3) is 0 Å². The molecule has 0 spiro atoms. The summed E-state index contributed by atoms with van der Waals surface area (Å²) >= 11 is 0. The number of halogens is 2. The molecule has 0 fully saturated rings. The summed E-state index contributed by atoms with van der Waals surface area (Å²) in [7, 11) is -4.01. The molecule has 0 radical (unpaired) electrons. The summed E-state index contributed by atoms with van der Waals surface area (Å²) in [5, 5.41) is 0. The zero-order valence-electron chi connectivity index (χ0n) is 13.6. The molecule has 0 saturated heterocycles. The third kappa shape index (κ3) is 3.34. The normalized spacial score (nSPS) is 16.6. The average Bonchev–Trinajstić information content (AvgIpc) is 2.80. The minimum atomic E-state index is -4.01. The molecule has 25 heavy (non-hydrogen) atoms. The highest BCUT2D eigenvalue weighted by molar-refractivity contribution is 7.92. The Balaban J connectivity index is 1.94. The van der Waals surface area contributed by atoms with Gasteiger partial charge in [0, 0.05) is 24.7 Å². The van der Waals surface area contributed by atoms with Gasteiger partial charge in [-0.05, 0) is 49.2 Å². The van der Waals surface area contributed by atoms with E-state index in [1.165, 1.54) is 19.1 Å². The Bertz CT molecular complexity index is 940. The van der Waals surface area contributed by atoms with Gasteiger partial charge in [0.2, 0.25) is 5.91 Å². The van der Waals surface area contributed by atoms with Crippen molar-refractivity contribution < 1.29 is 22.0 Å². The van der Waals surface area contributed by atoms with Gasteiger partial charge in [-0.25, -0.2) is 17.2 Å².